The van der Waals surface area contributed by atoms with Crippen LogP contribution in [0.5, 0.6) is 5.75 Å². The third-order valence-corrected chi connectivity index (χ3v) is 8.45. The second-order valence-corrected chi connectivity index (χ2v) is 10.5. The smallest absolute Gasteiger partial charge is 0.283 e. The lowest BCUT2D eigenvalue weighted by Gasteiger charge is -2.25. The first-order chi connectivity index (χ1) is 16.6. The topological polar surface area (TPSA) is 49.9 Å². The van der Waals surface area contributed by atoms with Crippen molar-refractivity contribution in [3.8, 4) is 5.75 Å². The molecule has 1 saturated heterocycles. The Labute approximate surface area is 201 Å². The van der Waals surface area contributed by atoms with E-state index in [1.165, 1.54) is 0 Å². The molecule has 2 aliphatic rings. The van der Waals surface area contributed by atoms with Crippen LogP contribution < -0.4 is 4.74 Å². The quantitative estimate of drug-likeness (QED) is 0.460. The lowest BCUT2D eigenvalue weighted by molar-refractivity contribution is 0.280. The summed E-state index contributed by atoms with van der Waals surface area (Å²) < 4.78 is 36.1. The average Bonchev–Trinajstić information content (AvgIpc) is 3.36. The Bertz CT molecular complexity index is 1270. The van der Waals surface area contributed by atoms with Gasteiger partial charge in [0, 0.05) is 19.0 Å². The van der Waals surface area contributed by atoms with E-state index in [0.717, 1.165) is 22.4 Å². The van der Waals surface area contributed by atoms with Gasteiger partial charge in [-0.25, -0.2) is 0 Å². The fraction of sp³-hybridized carbons (Fsp3) is 0.214. The molecule has 0 saturated carbocycles. The summed E-state index contributed by atoms with van der Waals surface area (Å²) in [5.41, 5.74) is 3.02. The molecule has 0 amide bonds. The molecule has 3 aromatic carbocycles. The summed E-state index contributed by atoms with van der Waals surface area (Å²) in [5.74, 6) is 0.789. The Morgan fingerprint density at radius 2 is 1.38 bits per heavy atom. The lowest BCUT2D eigenvalue weighted by Crippen LogP contribution is -2.38. The second kappa shape index (κ2) is 9.58. The van der Waals surface area contributed by atoms with E-state index in [9.17, 15) is 8.42 Å². The minimum atomic E-state index is -3.64. The summed E-state index contributed by atoms with van der Waals surface area (Å²) in [6.07, 6.45) is 8.37. The summed E-state index contributed by atoms with van der Waals surface area (Å²) in [5, 5.41) is 0. The molecule has 0 N–H and O–H groups in total. The molecule has 1 heterocycles. The van der Waals surface area contributed by atoms with Crippen molar-refractivity contribution in [1.29, 1.82) is 0 Å². The fourth-order valence-corrected chi connectivity index (χ4v) is 6.75. The number of methoxy groups -OCH3 is 1. The van der Waals surface area contributed by atoms with Crippen LogP contribution in [0.1, 0.15) is 16.7 Å². The molecule has 1 aliphatic carbocycles. The van der Waals surface area contributed by atoms with Gasteiger partial charge in [-0.1, -0.05) is 97.1 Å². The highest BCUT2D eigenvalue weighted by Crippen LogP contribution is 2.41. The van der Waals surface area contributed by atoms with Crippen molar-refractivity contribution in [1.82, 2.24) is 8.61 Å². The minimum absolute atomic E-state index is 0.0219. The molecule has 0 unspecified atom stereocenters. The number of nitrogens with zero attached hydrogens (tertiary/aromatic N) is 2. The molecule has 6 heteroatoms. The van der Waals surface area contributed by atoms with Crippen LogP contribution in [0.3, 0.4) is 0 Å². The lowest BCUT2D eigenvalue weighted by atomic mass is 9.98. The van der Waals surface area contributed by atoms with Gasteiger partial charge in [0.15, 0.2) is 0 Å². The van der Waals surface area contributed by atoms with E-state index < -0.39 is 10.2 Å². The number of benzene rings is 3. The first kappa shape index (κ1) is 22.6. The van der Waals surface area contributed by atoms with E-state index in [0.29, 0.717) is 13.1 Å². The van der Waals surface area contributed by atoms with E-state index in [-0.39, 0.29) is 18.0 Å². The number of ether oxygens (including phenoxy) is 1. The Kier molecular flexibility index (Phi) is 6.37. The third-order valence-electron chi connectivity index (χ3n) is 6.52. The van der Waals surface area contributed by atoms with Crippen LogP contribution in [0, 0.1) is 5.92 Å². The summed E-state index contributed by atoms with van der Waals surface area (Å²) in [6, 6.07) is 27.1. The van der Waals surface area contributed by atoms with Crippen molar-refractivity contribution in [3.63, 3.8) is 0 Å². The van der Waals surface area contributed by atoms with Crippen LogP contribution in [0.25, 0.3) is 6.08 Å². The highest BCUT2D eigenvalue weighted by Gasteiger charge is 2.54. The summed E-state index contributed by atoms with van der Waals surface area (Å²) in [7, 11) is -1.99. The first-order valence-corrected chi connectivity index (χ1v) is 12.8. The predicted molar refractivity (Wildman–Crippen MR) is 135 cm³/mol. The molecule has 1 aliphatic heterocycles. The van der Waals surface area contributed by atoms with E-state index >= 15 is 0 Å². The maximum absolute atomic E-state index is 13.8. The summed E-state index contributed by atoms with van der Waals surface area (Å²) in [4.78, 5) is 0. The second-order valence-electron chi connectivity index (χ2n) is 8.65. The first-order valence-electron chi connectivity index (χ1n) is 11.4. The molecule has 3 aromatic rings. The van der Waals surface area contributed by atoms with Crippen molar-refractivity contribution < 1.29 is 13.2 Å². The number of hydrogen-bond acceptors (Lipinski definition) is 3. The maximum Gasteiger partial charge on any atom is 0.283 e. The molecule has 5 nitrogen and oxygen atoms in total. The zero-order chi connectivity index (χ0) is 23.5. The number of fused-ring (bicyclic) bond motifs is 1. The van der Waals surface area contributed by atoms with Crippen molar-refractivity contribution in [3.05, 3.63) is 120 Å². The standard InChI is InChI=1S/C28H28N2O3S/c1-33-26-17-13-22(14-18-26)12-15-25-16-19-27-28(25)30(21-24-10-6-3-7-11-24)34(31,32)29(27)20-23-8-4-2-5-9-23/h2-19,25,27-28H,20-21H2,1H3/b15-12+/t25-,27-,28+/m1/s1. The SMILES string of the molecule is COc1ccc(/C=C/[C@@H]2C=C[C@@H]3[C@H]2N(Cc2ccccc2)S(=O)(=O)N3Cc2ccccc2)cc1. The highest BCUT2D eigenvalue weighted by molar-refractivity contribution is 7.87. The summed E-state index contributed by atoms with van der Waals surface area (Å²) >= 11 is 0. The van der Waals surface area contributed by atoms with Crippen LogP contribution in [-0.4, -0.2) is 36.2 Å². The molecule has 3 atom stereocenters. The largest absolute Gasteiger partial charge is 0.497 e. The van der Waals surface area contributed by atoms with Crippen LogP contribution >= 0.6 is 0 Å². The van der Waals surface area contributed by atoms with Gasteiger partial charge in [-0.2, -0.15) is 17.0 Å². The van der Waals surface area contributed by atoms with Gasteiger partial charge in [-0.05, 0) is 28.8 Å². The molecule has 0 bridgehead atoms. The molecule has 5 rings (SSSR count). The van der Waals surface area contributed by atoms with Crippen LogP contribution in [0.4, 0.5) is 0 Å². The predicted octanol–water partition coefficient (Wildman–Crippen LogP) is 4.89. The normalized spacial score (nSPS) is 24.0. The zero-order valence-electron chi connectivity index (χ0n) is 19.1. The Balaban J connectivity index is 1.46. The monoisotopic (exact) mass is 472 g/mol. The molecular formula is C28H28N2O3S. The molecule has 0 spiro atoms. The average molecular weight is 473 g/mol. The van der Waals surface area contributed by atoms with Gasteiger partial charge < -0.3 is 4.74 Å². The van der Waals surface area contributed by atoms with E-state index in [1.54, 1.807) is 15.7 Å². The molecule has 0 radical (unpaired) electrons. The number of rotatable bonds is 7. The van der Waals surface area contributed by atoms with Crippen LogP contribution in [0.2, 0.25) is 0 Å². The zero-order valence-corrected chi connectivity index (χ0v) is 19.9. The van der Waals surface area contributed by atoms with Gasteiger partial charge in [0.25, 0.3) is 10.2 Å². The molecule has 1 fully saturated rings. The Morgan fingerprint density at radius 1 is 0.794 bits per heavy atom. The van der Waals surface area contributed by atoms with Gasteiger partial charge in [0.2, 0.25) is 0 Å². The van der Waals surface area contributed by atoms with Crippen molar-refractivity contribution in [2.75, 3.05) is 7.11 Å². The Hall–Kier alpha value is -3.19. The van der Waals surface area contributed by atoms with Crippen molar-refractivity contribution in [2.45, 2.75) is 25.2 Å². The van der Waals surface area contributed by atoms with Gasteiger partial charge in [-0.3, -0.25) is 0 Å². The Morgan fingerprint density at radius 3 is 1.97 bits per heavy atom. The molecular weight excluding hydrogens is 444 g/mol. The van der Waals surface area contributed by atoms with Crippen LogP contribution in [-0.2, 0) is 23.3 Å². The highest BCUT2D eigenvalue weighted by atomic mass is 32.2. The van der Waals surface area contributed by atoms with Crippen molar-refractivity contribution >= 4 is 16.3 Å². The van der Waals surface area contributed by atoms with Crippen LogP contribution in [0.15, 0.2) is 103 Å². The number of hydrogen-bond donors (Lipinski definition) is 0. The van der Waals surface area contributed by atoms with Gasteiger partial charge in [0.1, 0.15) is 5.75 Å². The van der Waals surface area contributed by atoms with E-state index in [2.05, 4.69) is 24.3 Å². The van der Waals surface area contributed by atoms with Gasteiger partial charge in [0.05, 0.1) is 19.2 Å². The minimum Gasteiger partial charge on any atom is -0.497 e. The van der Waals surface area contributed by atoms with E-state index in [4.69, 9.17) is 4.74 Å². The van der Waals surface area contributed by atoms with Gasteiger partial charge in [-0.15, -0.1) is 0 Å². The molecule has 0 aromatic heterocycles. The molecule has 174 valence electrons. The summed E-state index contributed by atoms with van der Waals surface area (Å²) in [6.45, 7) is 0.707. The fourth-order valence-electron chi connectivity index (χ4n) is 4.78. The van der Waals surface area contributed by atoms with Gasteiger partial charge >= 0.3 is 0 Å². The maximum atomic E-state index is 13.8. The van der Waals surface area contributed by atoms with E-state index in [1.807, 2.05) is 84.9 Å². The van der Waals surface area contributed by atoms with Crippen molar-refractivity contribution in [2.24, 2.45) is 5.92 Å². The molecule has 34 heavy (non-hydrogen) atoms. The third kappa shape index (κ3) is 4.44.